The molecule has 21 heavy (non-hydrogen) atoms. The number of nitrogens with one attached hydrogen (secondary N) is 2. The first-order valence-corrected chi connectivity index (χ1v) is 7.32. The van der Waals surface area contributed by atoms with E-state index in [1.165, 1.54) is 4.90 Å². The highest BCUT2D eigenvalue weighted by molar-refractivity contribution is 7.80. The first-order valence-electron chi connectivity index (χ1n) is 6.91. The average molecular weight is 302 g/mol. The standard InChI is InChI=1S/C15H15N3O2S/c1-9-2-6-11(7-3-9)18-14(20)12(8-16-10-4-5-10)13(19)17-15(18)21/h2-3,6-8,10,12H,4-5H2,1H3,(H,17,19,21)/p+1/t12-/m0/s1. The second kappa shape index (κ2) is 5.37. The van der Waals surface area contributed by atoms with Gasteiger partial charge in [-0.05, 0) is 31.3 Å². The van der Waals surface area contributed by atoms with Gasteiger partial charge in [-0.3, -0.25) is 14.5 Å². The largest absolute Gasteiger partial charge is 0.301 e. The maximum Gasteiger partial charge on any atom is 0.256 e. The van der Waals surface area contributed by atoms with Gasteiger partial charge in [-0.1, -0.05) is 17.7 Å². The van der Waals surface area contributed by atoms with Crippen molar-refractivity contribution in [1.29, 1.82) is 0 Å². The fraction of sp³-hybridized carbons (Fsp3) is 0.333. The van der Waals surface area contributed by atoms with Crippen LogP contribution in [0.15, 0.2) is 24.3 Å². The minimum atomic E-state index is -0.849. The van der Waals surface area contributed by atoms with Crippen LogP contribution in [0.5, 0.6) is 0 Å². The predicted octanol–water partition coefficient (Wildman–Crippen LogP) is -0.327. The molecule has 0 spiro atoms. The molecule has 1 heterocycles. The molecule has 0 bridgehead atoms. The lowest BCUT2D eigenvalue weighted by molar-refractivity contribution is -0.469. The van der Waals surface area contributed by atoms with Crippen LogP contribution in [0.1, 0.15) is 18.4 Å². The lowest BCUT2D eigenvalue weighted by Gasteiger charge is -2.30. The summed E-state index contributed by atoms with van der Waals surface area (Å²) in [6.45, 7) is 1.97. The number of nitrogens with zero attached hydrogens (tertiary/aromatic N) is 1. The van der Waals surface area contributed by atoms with Crippen LogP contribution in [-0.2, 0) is 9.59 Å². The maximum absolute atomic E-state index is 12.6. The van der Waals surface area contributed by atoms with Gasteiger partial charge in [0.05, 0.1) is 5.69 Å². The Hall–Kier alpha value is -2.08. The molecule has 0 unspecified atom stereocenters. The number of carbonyl (C=O) groups is 2. The average Bonchev–Trinajstić information content (AvgIpc) is 3.24. The molecule has 3 rings (SSSR count). The van der Waals surface area contributed by atoms with Crippen molar-refractivity contribution in [2.75, 3.05) is 4.90 Å². The predicted molar refractivity (Wildman–Crippen MR) is 82.9 cm³/mol. The zero-order chi connectivity index (χ0) is 15.0. The SMILES string of the molecule is Cc1ccc(N2C(=O)[C@@H](C=[NH+]C3CC3)C(=O)NC2=S)cc1. The highest BCUT2D eigenvalue weighted by atomic mass is 32.1. The van der Waals surface area contributed by atoms with Gasteiger partial charge in [0, 0.05) is 12.8 Å². The summed E-state index contributed by atoms with van der Waals surface area (Å²) in [6.07, 6.45) is 3.75. The van der Waals surface area contributed by atoms with E-state index in [1.54, 1.807) is 6.21 Å². The van der Waals surface area contributed by atoms with Crippen molar-refractivity contribution in [1.82, 2.24) is 5.32 Å². The van der Waals surface area contributed by atoms with Crippen molar-refractivity contribution in [3.05, 3.63) is 29.8 Å². The molecule has 2 N–H and O–H groups in total. The smallest absolute Gasteiger partial charge is 0.256 e. The summed E-state index contributed by atoms with van der Waals surface area (Å²) in [5.74, 6) is -1.54. The zero-order valence-corrected chi connectivity index (χ0v) is 12.4. The fourth-order valence-electron chi connectivity index (χ4n) is 2.16. The molecule has 6 heteroatoms. The molecule has 108 valence electrons. The summed E-state index contributed by atoms with van der Waals surface area (Å²) in [7, 11) is 0. The first-order chi connectivity index (χ1) is 10.1. The Kier molecular flexibility index (Phi) is 3.55. The van der Waals surface area contributed by atoms with E-state index < -0.39 is 5.92 Å². The summed E-state index contributed by atoms with van der Waals surface area (Å²) in [5, 5.41) is 2.72. The van der Waals surface area contributed by atoms with E-state index in [1.807, 2.05) is 31.2 Å². The topological polar surface area (TPSA) is 63.4 Å². The van der Waals surface area contributed by atoms with Gasteiger partial charge in [-0.15, -0.1) is 0 Å². The molecule has 1 aliphatic carbocycles. The normalized spacial score (nSPS) is 22.8. The van der Waals surface area contributed by atoms with Crippen LogP contribution in [0.2, 0.25) is 0 Å². The number of rotatable bonds is 3. The zero-order valence-electron chi connectivity index (χ0n) is 11.6. The highest BCUT2D eigenvalue weighted by Gasteiger charge is 2.40. The second-order valence-electron chi connectivity index (χ2n) is 5.39. The van der Waals surface area contributed by atoms with Gasteiger partial charge in [0.2, 0.25) is 5.91 Å². The third-order valence-electron chi connectivity index (χ3n) is 3.57. The van der Waals surface area contributed by atoms with Crippen LogP contribution in [0.3, 0.4) is 0 Å². The quantitative estimate of drug-likeness (QED) is 0.457. The van der Waals surface area contributed by atoms with Crippen LogP contribution < -0.4 is 15.2 Å². The monoisotopic (exact) mass is 302 g/mol. The third-order valence-corrected chi connectivity index (χ3v) is 3.85. The summed E-state index contributed by atoms with van der Waals surface area (Å²) in [4.78, 5) is 29.0. The van der Waals surface area contributed by atoms with Crippen LogP contribution in [0.4, 0.5) is 5.69 Å². The van der Waals surface area contributed by atoms with Gasteiger partial charge in [-0.25, -0.2) is 4.99 Å². The van der Waals surface area contributed by atoms with E-state index in [-0.39, 0.29) is 16.9 Å². The molecular formula is C15H16N3O2S+. The number of carbonyl (C=O) groups excluding carboxylic acids is 2. The highest BCUT2D eigenvalue weighted by Crippen LogP contribution is 2.20. The molecule has 1 saturated heterocycles. The summed E-state index contributed by atoms with van der Waals surface area (Å²) < 4.78 is 0. The molecule has 1 aliphatic heterocycles. The van der Waals surface area contributed by atoms with E-state index in [9.17, 15) is 9.59 Å². The molecule has 1 aromatic carbocycles. The molecule has 1 aromatic rings. The Morgan fingerprint density at radius 3 is 2.57 bits per heavy atom. The molecule has 2 aliphatic rings. The van der Waals surface area contributed by atoms with Crippen molar-refractivity contribution in [3.8, 4) is 0 Å². The number of aryl methyl sites for hydroxylation is 1. The Labute approximate surface area is 128 Å². The van der Waals surface area contributed by atoms with Crippen LogP contribution in [-0.4, -0.2) is 29.2 Å². The molecule has 2 amide bonds. The fourth-order valence-corrected chi connectivity index (χ4v) is 2.45. The number of thiocarbonyl (C=S) groups is 1. The Bertz CT molecular complexity index is 635. The van der Waals surface area contributed by atoms with Crippen molar-refractivity contribution in [3.63, 3.8) is 0 Å². The summed E-state index contributed by atoms with van der Waals surface area (Å²) in [6, 6.07) is 7.85. The minimum Gasteiger partial charge on any atom is -0.301 e. The molecule has 0 radical (unpaired) electrons. The van der Waals surface area contributed by atoms with Gasteiger partial charge >= 0.3 is 0 Å². The number of anilines is 1. The molecule has 5 nitrogen and oxygen atoms in total. The minimum absolute atomic E-state index is 0.130. The molecule has 0 aromatic heterocycles. The van der Waals surface area contributed by atoms with Gasteiger partial charge in [0.15, 0.2) is 23.3 Å². The van der Waals surface area contributed by atoms with Crippen molar-refractivity contribution in [2.45, 2.75) is 25.8 Å². The maximum atomic E-state index is 12.6. The van der Waals surface area contributed by atoms with E-state index >= 15 is 0 Å². The molecule has 1 atom stereocenters. The van der Waals surface area contributed by atoms with E-state index in [2.05, 4.69) is 10.3 Å². The van der Waals surface area contributed by atoms with Crippen molar-refractivity contribution >= 4 is 41.0 Å². The number of benzene rings is 1. The summed E-state index contributed by atoms with van der Waals surface area (Å²) in [5.41, 5.74) is 1.76. The number of hydrogen-bond donors (Lipinski definition) is 2. The molecule has 2 fully saturated rings. The van der Waals surface area contributed by atoms with E-state index in [4.69, 9.17) is 12.2 Å². The van der Waals surface area contributed by atoms with E-state index in [0.717, 1.165) is 18.4 Å². The molecular weight excluding hydrogens is 286 g/mol. The van der Waals surface area contributed by atoms with Gasteiger partial charge in [0.25, 0.3) is 5.91 Å². The van der Waals surface area contributed by atoms with Crippen LogP contribution in [0.25, 0.3) is 0 Å². The first kappa shape index (κ1) is 13.9. The van der Waals surface area contributed by atoms with Gasteiger partial charge in [0.1, 0.15) is 0 Å². The van der Waals surface area contributed by atoms with Gasteiger partial charge < -0.3 is 5.32 Å². The number of hydrogen-bond acceptors (Lipinski definition) is 3. The number of amides is 2. The second-order valence-corrected chi connectivity index (χ2v) is 5.78. The van der Waals surface area contributed by atoms with E-state index in [0.29, 0.717) is 11.7 Å². The van der Waals surface area contributed by atoms with Crippen molar-refractivity contribution in [2.24, 2.45) is 5.92 Å². The summed E-state index contributed by atoms with van der Waals surface area (Å²) >= 11 is 5.14. The van der Waals surface area contributed by atoms with Crippen LogP contribution in [0, 0.1) is 12.8 Å². The molecule has 1 saturated carbocycles. The Balaban J connectivity index is 1.88. The van der Waals surface area contributed by atoms with Crippen molar-refractivity contribution < 1.29 is 14.6 Å². The lowest BCUT2D eigenvalue weighted by Crippen LogP contribution is -2.74. The van der Waals surface area contributed by atoms with Gasteiger partial charge in [-0.2, -0.15) is 0 Å². The van der Waals surface area contributed by atoms with Crippen LogP contribution >= 0.6 is 12.2 Å². The third kappa shape index (κ3) is 2.85. The Morgan fingerprint density at radius 1 is 1.29 bits per heavy atom. The Morgan fingerprint density at radius 2 is 1.95 bits per heavy atom. The lowest BCUT2D eigenvalue weighted by atomic mass is 10.1.